The van der Waals surface area contributed by atoms with E-state index in [1.54, 1.807) is 6.92 Å². The lowest BCUT2D eigenvalue weighted by Crippen LogP contribution is -2.46. The van der Waals surface area contributed by atoms with E-state index in [4.69, 9.17) is 0 Å². The molecule has 1 amide bonds. The Morgan fingerprint density at radius 3 is 2.81 bits per heavy atom. The zero-order valence-corrected chi connectivity index (χ0v) is 17.4. The summed E-state index contributed by atoms with van der Waals surface area (Å²) >= 11 is 0. The van der Waals surface area contributed by atoms with Crippen LogP contribution in [-0.2, 0) is 0 Å². The summed E-state index contributed by atoms with van der Waals surface area (Å²) in [5, 5.41) is 16.4. The van der Waals surface area contributed by atoms with Crippen molar-refractivity contribution >= 4 is 23.2 Å². The number of nitrogens with zero attached hydrogens (tertiary/aromatic N) is 5. The van der Waals surface area contributed by atoms with Gasteiger partial charge in [-0.25, -0.2) is 15.0 Å². The molecule has 1 atom stereocenters. The van der Waals surface area contributed by atoms with Gasteiger partial charge in [0.05, 0.1) is 23.2 Å². The summed E-state index contributed by atoms with van der Waals surface area (Å²) < 4.78 is 13.9. The zero-order valence-electron chi connectivity index (χ0n) is 17.4. The highest BCUT2D eigenvalue weighted by Gasteiger charge is 2.23. The number of anilines is 3. The Kier molecular flexibility index (Phi) is 6.10. The van der Waals surface area contributed by atoms with E-state index in [1.165, 1.54) is 24.5 Å². The van der Waals surface area contributed by atoms with E-state index in [0.29, 0.717) is 30.9 Å². The normalized spacial score (nSPS) is 25.6. The van der Waals surface area contributed by atoms with Gasteiger partial charge in [0.15, 0.2) is 0 Å². The van der Waals surface area contributed by atoms with Crippen molar-refractivity contribution in [2.45, 2.75) is 18.9 Å². The molecule has 31 heavy (non-hydrogen) atoms. The second kappa shape index (κ2) is 8.94. The van der Waals surface area contributed by atoms with Crippen molar-refractivity contribution in [3.63, 3.8) is 0 Å². The minimum Gasteiger partial charge on any atom is -0.388 e. The van der Waals surface area contributed by atoms with Crippen molar-refractivity contribution < 1.29 is 14.3 Å². The van der Waals surface area contributed by atoms with Crippen LogP contribution in [0.3, 0.4) is 0 Å². The fourth-order valence-electron chi connectivity index (χ4n) is 3.61. The largest absolute Gasteiger partial charge is 0.388 e. The second-order valence-corrected chi connectivity index (χ2v) is 8.06. The van der Waals surface area contributed by atoms with Crippen LogP contribution in [0.15, 0.2) is 36.7 Å². The zero-order chi connectivity index (χ0) is 21.8. The van der Waals surface area contributed by atoms with E-state index in [-0.39, 0.29) is 18.2 Å². The SMILES string of the molecule is CC1(O)C/C=C/CN2CCN(CC2)c2cc(F)ncc2NC(=O)c2ccnc(n2)NC1. The Bertz CT molecular complexity index is 974. The number of nitrogens with one attached hydrogen (secondary N) is 2. The van der Waals surface area contributed by atoms with Crippen LogP contribution in [0.25, 0.3) is 0 Å². The number of carbonyl (C=O) groups is 1. The number of hydrogen-bond acceptors (Lipinski definition) is 8. The average molecular weight is 427 g/mol. The van der Waals surface area contributed by atoms with Gasteiger partial charge in [0.2, 0.25) is 11.9 Å². The summed E-state index contributed by atoms with van der Waals surface area (Å²) in [4.78, 5) is 29.2. The first-order valence-corrected chi connectivity index (χ1v) is 10.3. The maximum Gasteiger partial charge on any atom is 0.274 e. The van der Waals surface area contributed by atoms with E-state index in [1.807, 2.05) is 11.0 Å². The monoisotopic (exact) mass is 427 g/mol. The first-order chi connectivity index (χ1) is 14.9. The lowest BCUT2D eigenvalue weighted by Gasteiger charge is -2.36. The fraction of sp³-hybridized carbons (Fsp3) is 0.429. The van der Waals surface area contributed by atoms with Gasteiger partial charge < -0.3 is 20.6 Å². The summed E-state index contributed by atoms with van der Waals surface area (Å²) in [6.45, 7) is 5.73. The second-order valence-electron chi connectivity index (χ2n) is 8.06. The van der Waals surface area contributed by atoms with Crippen LogP contribution in [0.2, 0.25) is 0 Å². The predicted molar refractivity (Wildman–Crippen MR) is 116 cm³/mol. The minimum atomic E-state index is -0.989. The number of hydrogen-bond donors (Lipinski definition) is 3. The van der Waals surface area contributed by atoms with Crippen LogP contribution in [0, 0.1) is 5.95 Å². The molecular weight excluding hydrogens is 401 g/mol. The molecular formula is C21H26FN7O2. The summed E-state index contributed by atoms with van der Waals surface area (Å²) in [7, 11) is 0. The van der Waals surface area contributed by atoms with Crippen LogP contribution < -0.4 is 15.5 Å². The molecule has 2 aromatic rings. The van der Waals surface area contributed by atoms with E-state index >= 15 is 0 Å². The number of amides is 1. The highest BCUT2D eigenvalue weighted by molar-refractivity contribution is 6.04. The van der Waals surface area contributed by atoms with Gasteiger partial charge in [0, 0.05) is 51.5 Å². The van der Waals surface area contributed by atoms with E-state index < -0.39 is 17.5 Å². The van der Waals surface area contributed by atoms with Gasteiger partial charge in [0.1, 0.15) is 5.69 Å². The highest BCUT2D eigenvalue weighted by atomic mass is 19.1. The van der Waals surface area contributed by atoms with Crippen LogP contribution in [0.5, 0.6) is 0 Å². The van der Waals surface area contributed by atoms with Crippen molar-refractivity contribution in [2.24, 2.45) is 0 Å². The van der Waals surface area contributed by atoms with Gasteiger partial charge in [-0.3, -0.25) is 9.69 Å². The average Bonchev–Trinajstić information content (AvgIpc) is 2.77. The maximum absolute atomic E-state index is 13.9. The smallest absolute Gasteiger partial charge is 0.274 e. The summed E-state index contributed by atoms with van der Waals surface area (Å²) in [5.41, 5.74) is 0.187. The molecule has 3 N–H and O–H groups in total. The molecule has 0 saturated carbocycles. The van der Waals surface area contributed by atoms with Crippen molar-refractivity contribution in [2.75, 3.05) is 54.8 Å². The third-order valence-corrected chi connectivity index (χ3v) is 5.41. The number of aliphatic hydroxyl groups is 1. The van der Waals surface area contributed by atoms with E-state index in [0.717, 1.165) is 19.6 Å². The molecule has 4 bridgehead atoms. The van der Waals surface area contributed by atoms with Crippen LogP contribution in [-0.4, -0.2) is 75.7 Å². The lowest BCUT2D eigenvalue weighted by molar-refractivity contribution is 0.0767. The molecule has 5 heterocycles. The van der Waals surface area contributed by atoms with Crippen LogP contribution in [0.1, 0.15) is 23.8 Å². The first kappa shape index (κ1) is 21.1. The predicted octanol–water partition coefficient (Wildman–Crippen LogP) is 1.51. The van der Waals surface area contributed by atoms with Crippen LogP contribution >= 0.6 is 0 Å². The molecule has 9 nitrogen and oxygen atoms in total. The quantitative estimate of drug-likeness (QED) is 0.429. The highest BCUT2D eigenvalue weighted by Crippen LogP contribution is 2.27. The van der Waals surface area contributed by atoms with Gasteiger partial charge >= 0.3 is 0 Å². The molecule has 5 rings (SSSR count). The number of aromatic nitrogens is 3. The van der Waals surface area contributed by atoms with Crippen molar-refractivity contribution in [3.8, 4) is 0 Å². The summed E-state index contributed by atoms with van der Waals surface area (Å²) in [5.74, 6) is -0.806. The molecule has 2 aromatic heterocycles. The molecule has 3 aliphatic rings. The molecule has 1 saturated heterocycles. The maximum atomic E-state index is 13.9. The molecule has 3 aliphatic heterocycles. The number of carbonyl (C=O) groups excluding carboxylic acids is 1. The van der Waals surface area contributed by atoms with E-state index in [2.05, 4.69) is 36.6 Å². The molecule has 0 radical (unpaired) electrons. The van der Waals surface area contributed by atoms with Crippen molar-refractivity contribution in [1.29, 1.82) is 0 Å². The molecule has 0 aliphatic carbocycles. The molecule has 0 spiro atoms. The lowest BCUT2D eigenvalue weighted by atomic mass is 10.0. The Balaban J connectivity index is 1.65. The van der Waals surface area contributed by atoms with Gasteiger partial charge in [-0.05, 0) is 19.4 Å². The van der Waals surface area contributed by atoms with Gasteiger partial charge in [-0.1, -0.05) is 12.2 Å². The summed E-state index contributed by atoms with van der Waals surface area (Å²) in [6, 6.07) is 2.84. The van der Waals surface area contributed by atoms with Crippen LogP contribution in [0.4, 0.5) is 21.7 Å². The van der Waals surface area contributed by atoms with E-state index in [9.17, 15) is 14.3 Å². The van der Waals surface area contributed by atoms with Crippen molar-refractivity contribution in [3.05, 3.63) is 48.3 Å². The Morgan fingerprint density at radius 2 is 2.00 bits per heavy atom. The van der Waals surface area contributed by atoms with Gasteiger partial charge in [0.25, 0.3) is 5.91 Å². The third kappa shape index (κ3) is 5.33. The first-order valence-electron chi connectivity index (χ1n) is 10.3. The fourth-order valence-corrected chi connectivity index (χ4v) is 3.61. The number of rotatable bonds is 0. The number of pyridine rings is 1. The number of halogens is 1. The third-order valence-electron chi connectivity index (χ3n) is 5.41. The Labute approximate surface area is 180 Å². The molecule has 1 unspecified atom stereocenters. The summed E-state index contributed by atoms with van der Waals surface area (Å²) in [6.07, 6.45) is 7.30. The molecule has 164 valence electrons. The van der Waals surface area contributed by atoms with Crippen molar-refractivity contribution in [1.82, 2.24) is 19.9 Å². The minimum absolute atomic E-state index is 0.151. The Morgan fingerprint density at radius 1 is 1.19 bits per heavy atom. The molecule has 10 heteroatoms. The molecule has 1 fully saturated rings. The number of fused-ring (bicyclic) bond motifs is 8. The molecule has 0 aromatic carbocycles. The van der Waals surface area contributed by atoms with Gasteiger partial charge in [-0.15, -0.1) is 0 Å². The Hall–Kier alpha value is -3.11. The topological polar surface area (TPSA) is 107 Å². The van der Waals surface area contributed by atoms with Gasteiger partial charge in [-0.2, -0.15) is 4.39 Å². The number of piperazine rings is 1. The standard InChI is InChI=1S/C21H26FN7O2/c1-21(31)5-2-3-7-28-8-10-29(11-9-28)17-12-18(22)24-13-16(17)26-19(30)15-4-6-23-20(27-15)25-14-21/h2-4,6,12-13,31H,5,7-11,14H2,1H3,(H,26,30)(H,23,25,27)/b3-2+.